The lowest BCUT2D eigenvalue weighted by Gasteiger charge is -1.97. The molecule has 0 fully saturated rings. The second-order valence-electron chi connectivity index (χ2n) is 3.64. The van der Waals surface area contributed by atoms with Crippen molar-refractivity contribution in [3.8, 4) is 0 Å². The van der Waals surface area contributed by atoms with Crippen molar-refractivity contribution < 1.29 is 9.21 Å². The van der Waals surface area contributed by atoms with Crippen molar-refractivity contribution in [2.45, 2.75) is 0 Å². The molecule has 17 heavy (non-hydrogen) atoms. The van der Waals surface area contributed by atoms with E-state index in [2.05, 4.69) is 11.9 Å². The Morgan fingerprint density at radius 2 is 2.29 bits per heavy atom. The van der Waals surface area contributed by atoms with Crippen molar-refractivity contribution in [1.29, 1.82) is 0 Å². The second kappa shape index (κ2) is 5.17. The van der Waals surface area contributed by atoms with Crippen molar-refractivity contribution in [3.05, 3.63) is 47.7 Å². The quantitative estimate of drug-likeness (QED) is 0.503. The van der Waals surface area contributed by atoms with Gasteiger partial charge in [0.2, 0.25) is 5.78 Å². The molecule has 1 aromatic carbocycles. The van der Waals surface area contributed by atoms with Crippen LogP contribution in [0, 0.1) is 0 Å². The van der Waals surface area contributed by atoms with Gasteiger partial charge in [0.05, 0.1) is 6.54 Å². The molecule has 0 aliphatic carbocycles. The molecule has 4 heteroatoms. The lowest BCUT2D eigenvalue weighted by atomic mass is 10.2. The average Bonchev–Trinajstić information content (AvgIpc) is 2.72. The summed E-state index contributed by atoms with van der Waals surface area (Å²) in [6, 6.07) is 6.97. The molecular formula is C13H12ClNO2. The Kier molecular flexibility index (Phi) is 3.61. The Labute approximate surface area is 104 Å². The SMILES string of the molecule is C=CCNCC(=O)c1cc2cc(Cl)ccc2o1. The van der Waals surface area contributed by atoms with Gasteiger partial charge in [0.1, 0.15) is 5.58 Å². The molecule has 1 aromatic heterocycles. The van der Waals surface area contributed by atoms with E-state index in [1.165, 1.54) is 0 Å². The average molecular weight is 250 g/mol. The predicted molar refractivity (Wildman–Crippen MR) is 68.6 cm³/mol. The van der Waals surface area contributed by atoms with E-state index < -0.39 is 0 Å². The summed E-state index contributed by atoms with van der Waals surface area (Å²) in [5.74, 6) is 0.262. The van der Waals surface area contributed by atoms with Crippen molar-refractivity contribution >= 4 is 28.4 Å². The van der Waals surface area contributed by atoms with Crippen LogP contribution in [0.3, 0.4) is 0 Å². The Hall–Kier alpha value is -1.58. The van der Waals surface area contributed by atoms with E-state index in [1.807, 2.05) is 0 Å². The number of hydrogen-bond acceptors (Lipinski definition) is 3. The summed E-state index contributed by atoms with van der Waals surface area (Å²) in [5.41, 5.74) is 0.668. The Morgan fingerprint density at radius 3 is 3.06 bits per heavy atom. The van der Waals surface area contributed by atoms with Gasteiger partial charge in [-0.1, -0.05) is 17.7 Å². The zero-order valence-corrected chi connectivity index (χ0v) is 9.96. The van der Waals surface area contributed by atoms with Crippen LogP contribution in [-0.4, -0.2) is 18.9 Å². The highest BCUT2D eigenvalue weighted by Gasteiger charge is 2.11. The Bertz CT molecular complexity index is 560. The number of carbonyl (C=O) groups is 1. The van der Waals surface area contributed by atoms with E-state index in [0.717, 1.165) is 5.39 Å². The van der Waals surface area contributed by atoms with Crippen LogP contribution in [0.1, 0.15) is 10.6 Å². The summed E-state index contributed by atoms with van der Waals surface area (Å²) < 4.78 is 5.44. The van der Waals surface area contributed by atoms with Crippen LogP contribution in [0.5, 0.6) is 0 Å². The summed E-state index contributed by atoms with van der Waals surface area (Å²) in [6.07, 6.45) is 1.70. The van der Waals surface area contributed by atoms with Gasteiger partial charge in [-0.05, 0) is 24.3 Å². The molecule has 0 radical (unpaired) electrons. The standard InChI is InChI=1S/C13H12ClNO2/c1-2-5-15-8-11(16)13-7-9-6-10(14)3-4-12(9)17-13/h2-4,6-7,15H,1,5,8H2. The van der Waals surface area contributed by atoms with Gasteiger partial charge in [0.15, 0.2) is 5.76 Å². The third kappa shape index (κ3) is 2.75. The summed E-state index contributed by atoms with van der Waals surface area (Å²) >= 11 is 5.86. The van der Waals surface area contributed by atoms with Crippen LogP contribution in [-0.2, 0) is 0 Å². The number of Topliss-reactive ketones (excluding diaryl/α,β-unsaturated/α-hetero) is 1. The summed E-state index contributed by atoms with van der Waals surface area (Å²) in [4.78, 5) is 11.8. The van der Waals surface area contributed by atoms with Crippen LogP contribution in [0.2, 0.25) is 5.02 Å². The topological polar surface area (TPSA) is 42.2 Å². The molecule has 0 amide bonds. The van der Waals surface area contributed by atoms with Gasteiger partial charge in [-0.25, -0.2) is 0 Å². The summed E-state index contributed by atoms with van der Waals surface area (Å²) in [6.45, 7) is 4.39. The maximum Gasteiger partial charge on any atom is 0.211 e. The molecule has 1 heterocycles. The minimum absolute atomic E-state index is 0.0841. The van der Waals surface area contributed by atoms with Gasteiger partial charge in [-0.2, -0.15) is 0 Å². The van der Waals surface area contributed by atoms with E-state index in [9.17, 15) is 4.79 Å². The molecule has 2 rings (SSSR count). The normalized spacial score (nSPS) is 10.6. The van der Waals surface area contributed by atoms with E-state index in [4.69, 9.17) is 16.0 Å². The predicted octanol–water partition coefficient (Wildman–Crippen LogP) is 3.04. The molecule has 0 saturated carbocycles. The Balaban J connectivity index is 2.18. The molecule has 0 spiro atoms. The van der Waals surface area contributed by atoms with Gasteiger partial charge in [0.25, 0.3) is 0 Å². The van der Waals surface area contributed by atoms with Crippen molar-refractivity contribution in [2.75, 3.05) is 13.1 Å². The number of halogens is 1. The van der Waals surface area contributed by atoms with Gasteiger partial charge >= 0.3 is 0 Å². The molecule has 0 saturated heterocycles. The molecule has 1 N–H and O–H groups in total. The van der Waals surface area contributed by atoms with Gasteiger partial charge in [0, 0.05) is 17.0 Å². The lowest BCUT2D eigenvalue weighted by molar-refractivity contribution is 0.0968. The second-order valence-corrected chi connectivity index (χ2v) is 4.07. The molecule has 0 unspecified atom stereocenters. The molecule has 0 atom stereocenters. The number of rotatable bonds is 5. The molecular weight excluding hydrogens is 238 g/mol. The third-order valence-electron chi connectivity index (χ3n) is 2.33. The number of furan rings is 1. The minimum Gasteiger partial charge on any atom is -0.453 e. The first-order valence-corrected chi connectivity index (χ1v) is 5.62. The maximum atomic E-state index is 11.8. The summed E-state index contributed by atoms with van der Waals surface area (Å²) in [7, 11) is 0. The zero-order chi connectivity index (χ0) is 12.3. The highest BCUT2D eigenvalue weighted by molar-refractivity contribution is 6.31. The first-order valence-electron chi connectivity index (χ1n) is 5.24. The lowest BCUT2D eigenvalue weighted by Crippen LogP contribution is -2.22. The number of nitrogens with one attached hydrogen (secondary N) is 1. The fourth-order valence-corrected chi connectivity index (χ4v) is 1.71. The highest BCUT2D eigenvalue weighted by atomic mass is 35.5. The molecule has 0 aliphatic heterocycles. The van der Waals surface area contributed by atoms with Crippen molar-refractivity contribution in [2.24, 2.45) is 0 Å². The van der Waals surface area contributed by atoms with Crippen LogP contribution in [0.25, 0.3) is 11.0 Å². The van der Waals surface area contributed by atoms with Crippen LogP contribution < -0.4 is 5.32 Å². The largest absolute Gasteiger partial charge is 0.453 e. The minimum atomic E-state index is -0.0841. The third-order valence-corrected chi connectivity index (χ3v) is 2.56. The van der Waals surface area contributed by atoms with E-state index in [-0.39, 0.29) is 12.3 Å². The molecule has 88 valence electrons. The maximum absolute atomic E-state index is 11.8. The van der Waals surface area contributed by atoms with Crippen LogP contribution in [0.4, 0.5) is 0 Å². The molecule has 0 aliphatic rings. The Morgan fingerprint density at radius 1 is 1.47 bits per heavy atom. The van der Waals surface area contributed by atoms with Gasteiger partial charge in [-0.3, -0.25) is 4.79 Å². The number of benzene rings is 1. The van der Waals surface area contributed by atoms with E-state index in [1.54, 1.807) is 30.3 Å². The number of fused-ring (bicyclic) bond motifs is 1. The highest BCUT2D eigenvalue weighted by Crippen LogP contribution is 2.23. The molecule has 0 bridgehead atoms. The fraction of sp³-hybridized carbons (Fsp3) is 0.154. The van der Waals surface area contributed by atoms with Crippen molar-refractivity contribution in [1.82, 2.24) is 5.32 Å². The number of hydrogen-bond donors (Lipinski definition) is 1. The van der Waals surface area contributed by atoms with E-state index >= 15 is 0 Å². The zero-order valence-electron chi connectivity index (χ0n) is 9.20. The van der Waals surface area contributed by atoms with Gasteiger partial charge in [-0.15, -0.1) is 6.58 Å². The number of ketones is 1. The fourth-order valence-electron chi connectivity index (χ4n) is 1.53. The van der Waals surface area contributed by atoms with Crippen molar-refractivity contribution in [3.63, 3.8) is 0 Å². The number of carbonyl (C=O) groups excluding carboxylic acids is 1. The first-order chi connectivity index (χ1) is 8.20. The van der Waals surface area contributed by atoms with E-state index in [0.29, 0.717) is 22.9 Å². The van der Waals surface area contributed by atoms with Crippen LogP contribution >= 0.6 is 11.6 Å². The van der Waals surface area contributed by atoms with Crippen LogP contribution in [0.15, 0.2) is 41.3 Å². The summed E-state index contributed by atoms with van der Waals surface area (Å²) in [5, 5.41) is 4.40. The first kappa shape index (κ1) is 11.9. The monoisotopic (exact) mass is 249 g/mol. The molecule has 3 nitrogen and oxygen atoms in total. The molecule has 2 aromatic rings. The smallest absolute Gasteiger partial charge is 0.211 e. The van der Waals surface area contributed by atoms with Gasteiger partial charge < -0.3 is 9.73 Å².